The molecule has 1 aliphatic rings. The number of benzene rings is 5. The smallest absolute Gasteiger partial charge is 0.150 e. The van der Waals surface area contributed by atoms with Crippen molar-refractivity contribution in [1.29, 1.82) is 0 Å². The largest absolute Gasteiger partial charge is 0.457 e. The minimum Gasteiger partial charge on any atom is -0.457 e. The van der Waals surface area contributed by atoms with Crippen LogP contribution in [0.25, 0.3) is 21.5 Å². The Hall–Kier alpha value is -3.91. The molecule has 5 aromatic rings. The quantitative estimate of drug-likeness (QED) is 0.297. The molecule has 2 nitrogen and oxygen atoms in total. The average molecular weight is 386 g/mol. The zero-order valence-electron chi connectivity index (χ0n) is 16.2. The summed E-state index contributed by atoms with van der Waals surface area (Å²) in [5.41, 5.74) is 4.19. The molecule has 0 saturated carbocycles. The fourth-order valence-electron chi connectivity index (χ4n) is 4.69. The first-order chi connectivity index (χ1) is 14.8. The number of fused-ring (bicyclic) bond motifs is 6. The summed E-state index contributed by atoms with van der Waals surface area (Å²) in [6.07, 6.45) is 0.889. The van der Waals surface area contributed by atoms with Crippen molar-refractivity contribution in [3.05, 3.63) is 119 Å². The lowest BCUT2D eigenvalue weighted by molar-refractivity contribution is 0.112. The highest BCUT2D eigenvalue weighted by Crippen LogP contribution is 2.52. The second kappa shape index (κ2) is 6.57. The molecular formula is C28H18O2. The molecule has 0 bridgehead atoms. The van der Waals surface area contributed by atoms with E-state index < -0.39 is 0 Å². The maximum atomic E-state index is 11.2. The third kappa shape index (κ3) is 2.47. The molecule has 0 amide bonds. The van der Waals surface area contributed by atoms with Gasteiger partial charge >= 0.3 is 0 Å². The van der Waals surface area contributed by atoms with Crippen molar-refractivity contribution in [3.8, 4) is 11.5 Å². The molecule has 6 rings (SSSR count). The van der Waals surface area contributed by atoms with Crippen molar-refractivity contribution in [3.63, 3.8) is 0 Å². The number of carbonyl (C=O) groups excluding carboxylic acids is 1. The molecule has 30 heavy (non-hydrogen) atoms. The van der Waals surface area contributed by atoms with Gasteiger partial charge in [-0.05, 0) is 39.2 Å². The van der Waals surface area contributed by atoms with E-state index in [1.807, 2.05) is 12.1 Å². The molecule has 5 aromatic carbocycles. The summed E-state index contributed by atoms with van der Waals surface area (Å²) >= 11 is 0. The van der Waals surface area contributed by atoms with Crippen molar-refractivity contribution in [2.45, 2.75) is 5.92 Å². The van der Waals surface area contributed by atoms with Crippen LogP contribution in [0, 0.1) is 0 Å². The van der Waals surface area contributed by atoms with Gasteiger partial charge in [-0.3, -0.25) is 4.79 Å². The molecule has 1 aliphatic heterocycles. The SMILES string of the molecule is O=Cc1ccc(C2c3c(ccc4ccccc34)Oc3ccc4ccccc4c32)cc1. The summed E-state index contributed by atoms with van der Waals surface area (Å²) in [4.78, 5) is 11.2. The van der Waals surface area contributed by atoms with Gasteiger partial charge in [0.15, 0.2) is 0 Å². The predicted molar refractivity (Wildman–Crippen MR) is 121 cm³/mol. The molecule has 0 atom stereocenters. The molecule has 0 saturated heterocycles. The van der Waals surface area contributed by atoms with Gasteiger partial charge in [0.2, 0.25) is 0 Å². The van der Waals surface area contributed by atoms with Crippen LogP contribution in [-0.2, 0) is 0 Å². The molecule has 0 spiro atoms. The Morgan fingerprint density at radius 2 is 1.13 bits per heavy atom. The summed E-state index contributed by atoms with van der Waals surface area (Å²) in [6, 6.07) is 33.2. The summed E-state index contributed by atoms with van der Waals surface area (Å²) in [6.45, 7) is 0. The highest BCUT2D eigenvalue weighted by Gasteiger charge is 2.31. The molecule has 142 valence electrons. The molecule has 0 aliphatic carbocycles. The van der Waals surface area contributed by atoms with Crippen molar-refractivity contribution < 1.29 is 9.53 Å². The minimum atomic E-state index is 0.0154. The Bertz CT molecular complexity index is 1350. The van der Waals surface area contributed by atoms with E-state index in [2.05, 4.69) is 84.9 Å². The van der Waals surface area contributed by atoms with Crippen molar-refractivity contribution in [2.24, 2.45) is 0 Å². The van der Waals surface area contributed by atoms with Crippen LogP contribution in [0.1, 0.15) is 33.0 Å². The van der Waals surface area contributed by atoms with Crippen LogP contribution in [0.15, 0.2) is 97.1 Å². The number of carbonyl (C=O) groups is 1. The van der Waals surface area contributed by atoms with Crippen LogP contribution in [0.4, 0.5) is 0 Å². The van der Waals surface area contributed by atoms with Crippen LogP contribution in [0.3, 0.4) is 0 Å². The van der Waals surface area contributed by atoms with Crippen LogP contribution in [-0.4, -0.2) is 6.29 Å². The van der Waals surface area contributed by atoms with Crippen molar-refractivity contribution in [2.75, 3.05) is 0 Å². The maximum Gasteiger partial charge on any atom is 0.150 e. The lowest BCUT2D eigenvalue weighted by atomic mass is 9.78. The lowest BCUT2D eigenvalue weighted by Gasteiger charge is -2.31. The monoisotopic (exact) mass is 386 g/mol. The first-order valence-electron chi connectivity index (χ1n) is 10.1. The van der Waals surface area contributed by atoms with Gasteiger partial charge in [-0.2, -0.15) is 0 Å². The van der Waals surface area contributed by atoms with E-state index in [4.69, 9.17) is 4.74 Å². The van der Waals surface area contributed by atoms with E-state index in [1.165, 1.54) is 32.7 Å². The highest BCUT2D eigenvalue weighted by molar-refractivity contribution is 5.95. The zero-order valence-corrected chi connectivity index (χ0v) is 16.2. The fraction of sp³-hybridized carbons (Fsp3) is 0.0357. The Morgan fingerprint density at radius 3 is 1.67 bits per heavy atom. The van der Waals surface area contributed by atoms with Crippen molar-refractivity contribution >= 4 is 27.8 Å². The van der Waals surface area contributed by atoms with Crippen LogP contribution >= 0.6 is 0 Å². The van der Waals surface area contributed by atoms with Crippen LogP contribution in [0.5, 0.6) is 11.5 Å². The van der Waals surface area contributed by atoms with Gasteiger partial charge in [-0.1, -0.05) is 84.9 Å². The Morgan fingerprint density at radius 1 is 0.600 bits per heavy atom. The van der Waals surface area contributed by atoms with E-state index in [9.17, 15) is 4.79 Å². The van der Waals surface area contributed by atoms with Gasteiger partial charge < -0.3 is 4.74 Å². The topological polar surface area (TPSA) is 26.3 Å². The molecule has 1 heterocycles. The van der Waals surface area contributed by atoms with Gasteiger partial charge in [0.1, 0.15) is 17.8 Å². The standard InChI is InChI=1S/C28H18O2/c29-17-18-9-11-21(12-10-18)26-27-22-7-3-1-5-19(22)13-15-24(27)30-25-16-14-20-6-2-4-8-23(20)28(25)26/h1-17,26H. The van der Waals surface area contributed by atoms with Crippen LogP contribution < -0.4 is 4.74 Å². The van der Waals surface area contributed by atoms with Gasteiger partial charge in [0.25, 0.3) is 0 Å². The minimum absolute atomic E-state index is 0.0154. The van der Waals surface area contributed by atoms with E-state index in [-0.39, 0.29) is 5.92 Å². The second-order valence-electron chi connectivity index (χ2n) is 7.72. The first kappa shape index (κ1) is 17.0. The average Bonchev–Trinajstić information content (AvgIpc) is 2.82. The number of hydrogen-bond acceptors (Lipinski definition) is 2. The Labute approximate surface area is 174 Å². The predicted octanol–water partition coefficient (Wildman–Crippen LogP) is 7.09. The van der Waals surface area contributed by atoms with E-state index in [1.54, 1.807) is 0 Å². The fourth-order valence-corrected chi connectivity index (χ4v) is 4.69. The molecule has 0 radical (unpaired) electrons. The maximum absolute atomic E-state index is 11.2. The summed E-state index contributed by atoms with van der Waals surface area (Å²) in [5.74, 6) is 1.79. The molecule has 0 N–H and O–H groups in total. The van der Waals surface area contributed by atoms with Crippen LogP contribution in [0.2, 0.25) is 0 Å². The number of rotatable bonds is 2. The molecule has 0 aromatic heterocycles. The normalized spacial score (nSPS) is 12.9. The Kier molecular flexibility index (Phi) is 3.72. The number of aldehydes is 1. The third-order valence-corrected chi connectivity index (χ3v) is 6.06. The summed E-state index contributed by atoms with van der Waals surface area (Å²) in [7, 11) is 0. The summed E-state index contributed by atoms with van der Waals surface area (Å²) in [5, 5.41) is 4.77. The second-order valence-corrected chi connectivity index (χ2v) is 7.72. The van der Waals surface area contributed by atoms with E-state index in [0.29, 0.717) is 5.56 Å². The van der Waals surface area contributed by atoms with Gasteiger partial charge in [0.05, 0.1) is 0 Å². The van der Waals surface area contributed by atoms with Gasteiger partial charge in [0, 0.05) is 22.6 Å². The van der Waals surface area contributed by atoms with E-state index >= 15 is 0 Å². The first-order valence-corrected chi connectivity index (χ1v) is 10.1. The third-order valence-electron chi connectivity index (χ3n) is 6.06. The molecule has 0 unspecified atom stereocenters. The molecule has 0 fully saturated rings. The summed E-state index contributed by atoms with van der Waals surface area (Å²) < 4.78 is 6.43. The number of ether oxygens (including phenoxy) is 1. The Balaban J connectivity index is 1.73. The highest BCUT2D eigenvalue weighted by atomic mass is 16.5. The lowest BCUT2D eigenvalue weighted by Crippen LogP contribution is -2.13. The van der Waals surface area contributed by atoms with E-state index in [0.717, 1.165) is 23.3 Å². The number of hydrogen-bond donors (Lipinski definition) is 0. The zero-order chi connectivity index (χ0) is 20.1. The molecular weight excluding hydrogens is 368 g/mol. The van der Waals surface area contributed by atoms with Crippen molar-refractivity contribution in [1.82, 2.24) is 0 Å². The van der Waals surface area contributed by atoms with Gasteiger partial charge in [-0.15, -0.1) is 0 Å². The van der Waals surface area contributed by atoms with Gasteiger partial charge in [-0.25, -0.2) is 0 Å². The molecule has 2 heteroatoms.